The Morgan fingerprint density at radius 3 is 2.68 bits per heavy atom. The zero-order chi connectivity index (χ0) is 14.0. The third kappa shape index (κ3) is 2.62. The first-order valence-electron chi connectivity index (χ1n) is 5.46. The number of nitro benzene ring substituents is 1. The molecular formula is C13H11FN2O3. The van der Waals surface area contributed by atoms with Crippen LogP contribution in [0.2, 0.25) is 0 Å². The topological polar surface area (TPSA) is 78.4 Å². The summed E-state index contributed by atoms with van der Waals surface area (Å²) in [6.07, 6.45) is 0. The maximum atomic E-state index is 13.4. The van der Waals surface area contributed by atoms with Gasteiger partial charge in [-0.15, -0.1) is 0 Å². The second kappa shape index (κ2) is 4.93. The van der Waals surface area contributed by atoms with Gasteiger partial charge in [0.1, 0.15) is 17.3 Å². The van der Waals surface area contributed by atoms with Crippen LogP contribution in [-0.4, -0.2) is 4.92 Å². The molecule has 0 saturated carbocycles. The van der Waals surface area contributed by atoms with Crippen molar-refractivity contribution < 1.29 is 14.1 Å². The third-order valence-corrected chi connectivity index (χ3v) is 2.58. The number of rotatable bonds is 3. The van der Waals surface area contributed by atoms with Crippen LogP contribution >= 0.6 is 0 Å². The molecule has 0 bridgehead atoms. The summed E-state index contributed by atoms with van der Waals surface area (Å²) in [6, 6.07) is 8.57. The number of nitrogens with two attached hydrogens (primary N) is 1. The molecule has 2 aromatic carbocycles. The molecule has 0 fully saturated rings. The normalized spacial score (nSPS) is 10.2. The zero-order valence-corrected chi connectivity index (χ0v) is 10.1. The molecule has 0 spiro atoms. The maximum absolute atomic E-state index is 13.4. The number of nitrogens with zero attached hydrogens (tertiary/aromatic N) is 1. The Kier molecular flexibility index (Phi) is 3.33. The molecule has 0 amide bonds. The van der Waals surface area contributed by atoms with E-state index in [2.05, 4.69) is 0 Å². The maximum Gasteiger partial charge on any atom is 0.334 e. The van der Waals surface area contributed by atoms with Gasteiger partial charge in [0.2, 0.25) is 5.75 Å². The first-order valence-corrected chi connectivity index (χ1v) is 5.46. The van der Waals surface area contributed by atoms with Crippen LogP contribution in [0.4, 0.5) is 15.8 Å². The summed E-state index contributed by atoms with van der Waals surface area (Å²) < 4.78 is 18.7. The van der Waals surface area contributed by atoms with E-state index in [1.165, 1.54) is 36.4 Å². The minimum absolute atomic E-state index is 0.00455. The Morgan fingerprint density at radius 1 is 1.32 bits per heavy atom. The summed E-state index contributed by atoms with van der Waals surface area (Å²) in [5.41, 5.74) is 5.67. The average molecular weight is 262 g/mol. The van der Waals surface area contributed by atoms with Crippen molar-refractivity contribution >= 4 is 11.4 Å². The van der Waals surface area contributed by atoms with E-state index in [0.29, 0.717) is 5.56 Å². The monoisotopic (exact) mass is 262 g/mol. The summed E-state index contributed by atoms with van der Waals surface area (Å²) >= 11 is 0. The van der Waals surface area contributed by atoms with E-state index < -0.39 is 10.7 Å². The molecule has 0 aliphatic carbocycles. The van der Waals surface area contributed by atoms with Crippen LogP contribution in [0.5, 0.6) is 11.5 Å². The minimum atomic E-state index is -0.630. The van der Waals surface area contributed by atoms with Crippen molar-refractivity contribution in [3.05, 3.63) is 57.9 Å². The van der Waals surface area contributed by atoms with Crippen LogP contribution in [0.25, 0.3) is 0 Å². The van der Waals surface area contributed by atoms with Crippen molar-refractivity contribution in [2.45, 2.75) is 6.92 Å². The van der Waals surface area contributed by atoms with Gasteiger partial charge in [-0.05, 0) is 30.7 Å². The smallest absolute Gasteiger partial charge is 0.334 e. The number of aryl methyl sites for hydroxylation is 1. The molecule has 5 nitrogen and oxygen atoms in total. The zero-order valence-electron chi connectivity index (χ0n) is 10.1. The molecule has 6 heteroatoms. The lowest BCUT2D eigenvalue weighted by Gasteiger charge is -2.08. The lowest BCUT2D eigenvalue weighted by molar-refractivity contribution is -0.384. The fraction of sp³-hybridized carbons (Fsp3) is 0.0769. The second-order valence-corrected chi connectivity index (χ2v) is 3.96. The number of para-hydroxylation sites is 1. The van der Waals surface area contributed by atoms with Crippen LogP contribution in [-0.2, 0) is 0 Å². The summed E-state index contributed by atoms with van der Waals surface area (Å²) in [7, 11) is 0. The second-order valence-electron chi connectivity index (χ2n) is 3.96. The number of hydrogen-bond donors (Lipinski definition) is 1. The van der Waals surface area contributed by atoms with Crippen LogP contribution in [0.3, 0.4) is 0 Å². The van der Waals surface area contributed by atoms with Crippen molar-refractivity contribution in [3.8, 4) is 11.5 Å². The largest absolute Gasteiger partial charge is 0.450 e. The van der Waals surface area contributed by atoms with Crippen molar-refractivity contribution in [2.75, 3.05) is 5.73 Å². The summed E-state index contributed by atoms with van der Waals surface area (Å²) in [6.45, 7) is 1.61. The van der Waals surface area contributed by atoms with Crippen LogP contribution in [0.15, 0.2) is 36.4 Å². The molecule has 98 valence electrons. The highest BCUT2D eigenvalue weighted by atomic mass is 19.1. The first kappa shape index (κ1) is 12.8. The van der Waals surface area contributed by atoms with Gasteiger partial charge in [-0.25, -0.2) is 4.39 Å². The molecule has 0 aromatic heterocycles. The van der Waals surface area contributed by atoms with E-state index >= 15 is 0 Å². The van der Waals surface area contributed by atoms with Gasteiger partial charge in [0.15, 0.2) is 0 Å². The fourth-order valence-corrected chi connectivity index (χ4v) is 1.58. The molecule has 2 rings (SSSR count). The van der Waals surface area contributed by atoms with Gasteiger partial charge in [0.25, 0.3) is 0 Å². The quantitative estimate of drug-likeness (QED) is 0.522. The Balaban J connectivity index is 2.40. The van der Waals surface area contributed by atoms with Crippen molar-refractivity contribution in [1.29, 1.82) is 0 Å². The Hall–Kier alpha value is -2.63. The van der Waals surface area contributed by atoms with Gasteiger partial charge in [-0.1, -0.05) is 12.1 Å². The van der Waals surface area contributed by atoms with Crippen LogP contribution in [0.1, 0.15) is 5.56 Å². The average Bonchev–Trinajstić information content (AvgIpc) is 2.33. The van der Waals surface area contributed by atoms with Crippen LogP contribution < -0.4 is 10.5 Å². The number of benzene rings is 2. The van der Waals surface area contributed by atoms with Crippen molar-refractivity contribution in [1.82, 2.24) is 0 Å². The van der Waals surface area contributed by atoms with Crippen LogP contribution in [0, 0.1) is 22.9 Å². The van der Waals surface area contributed by atoms with Gasteiger partial charge < -0.3 is 10.5 Å². The number of anilines is 1. The van der Waals surface area contributed by atoms with E-state index in [1.807, 2.05) is 0 Å². The minimum Gasteiger partial charge on any atom is -0.450 e. The highest BCUT2D eigenvalue weighted by molar-refractivity contribution is 5.66. The van der Waals surface area contributed by atoms with Gasteiger partial charge >= 0.3 is 5.69 Å². The van der Waals surface area contributed by atoms with Gasteiger partial charge in [-0.2, -0.15) is 0 Å². The molecule has 0 atom stereocenters. The SMILES string of the molecule is Cc1ccc(Oc2cccc(N)c2[N+](=O)[O-])cc1F. The predicted molar refractivity (Wildman–Crippen MR) is 68.7 cm³/mol. The molecule has 2 aromatic rings. The Morgan fingerprint density at radius 2 is 2.05 bits per heavy atom. The molecule has 0 saturated heterocycles. The number of nitrogen functional groups attached to an aromatic ring is 1. The lowest BCUT2D eigenvalue weighted by Crippen LogP contribution is -1.98. The summed E-state index contributed by atoms with van der Waals surface area (Å²) in [4.78, 5) is 10.3. The van der Waals surface area contributed by atoms with E-state index in [-0.39, 0.29) is 22.9 Å². The van der Waals surface area contributed by atoms with Crippen molar-refractivity contribution in [2.24, 2.45) is 0 Å². The van der Waals surface area contributed by atoms with Gasteiger partial charge in [0.05, 0.1) is 4.92 Å². The highest BCUT2D eigenvalue weighted by Crippen LogP contribution is 2.35. The fourth-order valence-electron chi connectivity index (χ4n) is 1.58. The van der Waals surface area contributed by atoms with Gasteiger partial charge in [-0.3, -0.25) is 10.1 Å². The van der Waals surface area contributed by atoms with E-state index in [1.54, 1.807) is 6.92 Å². The Labute approximate surface area is 108 Å². The predicted octanol–water partition coefficient (Wildman–Crippen LogP) is 3.42. The van der Waals surface area contributed by atoms with Gasteiger partial charge in [0, 0.05) is 6.07 Å². The number of halogens is 1. The molecular weight excluding hydrogens is 251 g/mol. The molecule has 0 aliphatic heterocycles. The molecule has 0 heterocycles. The number of hydrogen-bond acceptors (Lipinski definition) is 4. The standard InChI is InChI=1S/C13H11FN2O3/c1-8-5-6-9(7-10(8)14)19-12-4-2-3-11(15)13(12)16(17)18/h2-7H,15H2,1H3. The van der Waals surface area contributed by atoms with E-state index in [4.69, 9.17) is 10.5 Å². The molecule has 2 N–H and O–H groups in total. The summed E-state index contributed by atoms with van der Waals surface area (Å²) in [5, 5.41) is 10.9. The third-order valence-electron chi connectivity index (χ3n) is 2.58. The molecule has 0 aliphatic rings. The Bertz CT molecular complexity index is 644. The number of ether oxygens (including phenoxy) is 1. The lowest BCUT2D eigenvalue weighted by atomic mass is 10.2. The number of nitro groups is 1. The molecule has 19 heavy (non-hydrogen) atoms. The highest BCUT2D eigenvalue weighted by Gasteiger charge is 2.19. The van der Waals surface area contributed by atoms with Crippen molar-refractivity contribution in [3.63, 3.8) is 0 Å². The summed E-state index contributed by atoms with van der Waals surface area (Å²) in [5.74, 6) is -0.283. The molecule has 0 radical (unpaired) electrons. The molecule has 0 unspecified atom stereocenters. The van der Waals surface area contributed by atoms with E-state index in [0.717, 1.165) is 0 Å². The first-order chi connectivity index (χ1) is 8.99. The van der Waals surface area contributed by atoms with E-state index in [9.17, 15) is 14.5 Å².